The van der Waals surface area contributed by atoms with Gasteiger partial charge in [0.05, 0.1) is 10.8 Å². The topological polar surface area (TPSA) is 119 Å². The van der Waals surface area contributed by atoms with Crippen molar-refractivity contribution < 1.29 is 24.0 Å². The normalized spacial score (nSPS) is 17.3. The predicted molar refractivity (Wildman–Crippen MR) is 94.7 cm³/mol. The van der Waals surface area contributed by atoms with E-state index in [-0.39, 0.29) is 23.4 Å². The maximum atomic E-state index is 12.1. The molecule has 1 aromatic rings. The number of carbonyl (C=O) groups is 3. The molecule has 1 saturated carbocycles. The predicted octanol–water partition coefficient (Wildman–Crippen LogP) is 1.73. The Labute approximate surface area is 155 Å². The number of likely N-dealkylation sites (tertiary alicyclic amines) is 1. The Kier molecular flexibility index (Phi) is 5.68. The number of anilines is 1. The van der Waals surface area contributed by atoms with Gasteiger partial charge < -0.3 is 15.0 Å². The molecule has 2 aliphatic rings. The molecule has 1 aliphatic carbocycles. The fourth-order valence-electron chi connectivity index (χ4n) is 3.04. The number of rotatable bonds is 6. The summed E-state index contributed by atoms with van der Waals surface area (Å²) in [6.45, 7) is 0.672. The summed E-state index contributed by atoms with van der Waals surface area (Å²) in [6.07, 6.45) is 3.01. The molecule has 9 heteroatoms. The number of hydrogen-bond acceptors (Lipinski definition) is 6. The van der Waals surface area contributed by atoms with Crippen molar-refractivity contribution in [3.8, 4) is 0 Å². The molecule has 1 aliphatic heterocycles. The molecular weight excluding hydrogens is 354 g/mol. The lowest BCUT2D eigenvalue weighted by Crippen LogP contribution is -2.41. The van der Waals surface area contributed by atoms with Crippen LogP contribution in [-0.4, -0.2) is 47.3 Å². The van der Waals surface area contributed by atoms with Crippen LogP contribution in [0.25, 0.3) is 0 Å². The van der Waals surface area contributed by atoms with Crippen molar-refractivity contribution in [1.29, 1.82) is 0 Å². The van der Waals surface area contributed by atoms with Crippen LogP contribution in [0.4, 0.5) is 11.4 Å². The van der Waals surface area contributed by atoms with Gasteiger partial charge in [0.1, 0.15) is 0 Å². The van der Waals surface area contributed by atoms with E-state index in [2.05, 4.69) is 5.32 Å². The fraction of sp³-hybridized carbons (Fsp3) is 0.500. The monoisotopic (exact) mass is 375 g/mol. The third-order valence-electron chi connectivity index (χ3n) is 4.77. The van der Waals surface area contributed by atoms with Crippen LogP contribution in [0.3, 0.4) is 0 Å². The van der Waals surface area contributed by atoms with E-state index in [4.69, 9.17) is 4.74 Å². The highest BCUT2D eigenvalue weighted by molar-refractivity contribution is 5.93. The van der Waals surface area contributed by atoms with Crippen molar-refractivity contribution in [2.75, 3.05) is 25.0 Å². The zero-order valence-electron chi connectivity index (χ0n) is 14.8. The molecule has 0 atom stereocenters. The number of esters is 1. The highest BCUT2D eigenvalue weighted by atomic mass is 16.6. The first kappa shape index (κ1) is 18.8. The van der Waals surface area contributed by atoms with E-state index in [9.17, 15) is 24.5 Å². The minimum absolute atomic E-state index is 0.0778. The van der Waals surface area contributed by atoms with Gasteiger partial charge in [0.15, 0.2) is 6.61 Å². The largest absolute Gasteiger partial charge is 0.455 e. The second-order valence-corrected chi connectivity index (χ2v) is 6.83. The lowest BCUT2D eigenvalue weighted by Gasteiger charge is -2.31. The number of nitrogens with one attached hydrogen (secondary N) is 1. The summed E-state index contributed by atoms with van der Waals surface area (Å²) in [7, 11) is 0. The van der Waals surface area contributed by atoms with Crippen molar-refractivity contribution in [3.05, 3.63) is 34.4 Å². The number of nitro groups is 1. The van der Waals surface area contributed by atoms with Crippen molar-refractivity contribution in [2.45, 2.75) is 25.7 Å². The number of carbonyl (C=O) groups excluding carboxylic acids is 3. The van der Waals surface area contributed by atoms with Gasteiger partial charge in [-0.2, -0.15) is 0 Å². The van der Waals surface area contributed by atoms with Crippen LogP contribution in [0.2, 0.25) is 0 Å². The Morgan fingerprint density at radius 1 is 1.07 bits per heavy atom. The van der Waals surface area contributed by atoms with E-state index in [0.29, 0.717) is 31.6 Å². The Balaban J connectivity index is 1.39. The van der Waals surface area contributed by atoms with Crippen molar-refractivity contribution >= 4 is 29.2 Å². The number of ether oxygens (including phenoxy) is 1. The summed E-state index contributed by atoms with van der Waals surface area (Å²) < 4.78 is 5.07. The van der Waals surface area contributed by atoms with Crippen LogP contribution in [0.5, 0.6) is 0 Å². The van der Waals surface area contributed by atoms with Crippen LogP contribution in [0, 0.1) is 22.0 Å². The molecule has 0 radical (unpaired) electrons. The molecule has 27 heavy (non-hydrogen) atoms. The minimum atomic E-state index is -0.531. The third-order valence-corrected chi connectivity index (χ3v) is 4.77. The molecule has 0 bridgehead atoms. The zero-order chi connectivity index (χ0) is 19.4. The van der Waals surface area contributed by atoms with Crippen LogP contribution in [0.1, 0.15) is 25.7 Å². The second kappa shape index (κ2) is 8.15. The van der Waals surface area contributed by atoms with Crippen LogP contribution in [-0.2, 0) is 19.1 Å². The van der Waals surface area contributed by atoms with Gasteiger partial charge in [0.2, 0.25) is 5.91 Å². The van der Waals surface area contributed by atoms with Gasteiger partial charge in [0.25, 0.3) is 11.6 Å². The Morgan fingerprint density at radius 2 is 1.70 bits per heavy atom. The Morgan fingerprint density at radius 3 is 2.26 bits per heavy atom. The number of non-ortho nitro benzene ring substituents is 1. The summed E-state index contributed by atoms with van der Waals surface area (Å²) >= 11 is 0. The Hall–Kier alpha value is -2.97. The summed E-state index contributed by atoms with van der Waals surface area (Å²) in [5.74, 6) is -0.896. The molecule has 1 aromatic carbocycles. The second-order valence-electron chi connectivity index (χ2n) is 6.83. The van der Waals surface area contributed by atoms with E-state index < -0.39 is 23.4 Å². The first-order chi connectivity index (χ1) is 12.9. The lowest BCUT2D eigenvalue weighted by molar-refractivity contribution is -0.384. The average molecular weight is 375 g/mol. The molecule has 0 aromatic heterocycles. The maximum Gasteiger partial charge on any atom is 0.309 e. The lowest BCUT2D eigenvalue weighted by atomic mass is 9.97. The number of nitrogens with zero attached hydrogens (tertiary/aromatic N) is 2. The molecule has 144 valence electrons. The summed E-state index contributed by atoms with van der Waals surface area (Å²) in [4.78, 5) is 47.9. The number of benzene rings is 1. The molecule has 2 fully saturated rings. The molecule has 1 N–H and O–H groups in total. The SMILES string of the molecule is O=C(COC(=O)C1CCN(C(=O)C2CC2)CC1)Nc1ccc([N+](=O)[O-])cc1. The van der Waals surface area contributed by atoms with Crippen molar-refractivity contribution in [2.24, 2.45) is 11.8 Å². The fourth-order valence-corrected chi connectivity index (χ4v) is 3.04. The smallest absolute Gasteiger partial charge is 0.309 e. The summed E-state index contributed by atoms with van der Waals surface area (Å²) in [5.41, 5.74) is 0.305. The standard InChI is InChI=1S/C18H21N3O6/c22-16(19-14-3-5-15(6-4-14)21(25)26)11-27-18(24)13-7-9-20(10-8-13)17(23)12-1-2-12/h3-6,12-13H,1-2,7-11H2,(H,19,22). The zero-order valence-corrected chi connectivity index (χ0v) is 14.8. The van der Waals surface area contributed by atoms with Crippen LogP contribution < -0.4 is 5.32 Å². The average Bonchev–Trinajstić information content (AvgIpc) is 3.51. The quantitative estimate of drug-likeness (QED) is 0.459. The number of piperidine rings is 1. The van der Waals surface area contributed by atoms with E-state index in [1.54, 1.807) is 0 Å². The third kappa shape index (κ3) is 5.02. The molecule has 9 nitrogen and oxygen atoms in total. The first-order valence-electron chi connectivity index (χ1n) is 8.94. The van der Waals surface area contributed by atoms with Gasteiger partial charge in [-0.3, -0.25) is 24.5 Å². The van der Waals surface area contributed by atoms with Crippen molar-refractivity contribution in [1.82, 2.24) is 4.90 Å². The number of amides is 2. The van der Waals surface area contributed by atoms with Gasteiger partial charge in [-0.05, 0) is 37.8 Å². The maximum absolute atomic E-state index is 12.1. The van der Waals surface area contributed by atoms with E-state index in [0.717, 1.165) is 12.8 Å². The minimum Gasteiger partial charge on any atom is -0.455 e. The van der Waals surface area contributed by atoms with Gasteiger partial charge in [0, 0.05) is 36.8 Å². The van der Waals surface area contributed by atoms with Gasteiger partial charge in [-0.25, -0.2) is 0 Å². The number of nitro benzene ring substituents is 1. The van der Waals surface area contributed by atoms with Gasteiger partial charge in [-0.15, -0.1) is 0 Å². The van der Waals surface area contributed by atoms with Gasteiger partial charge >= 0.3 is 5.97 Å². The highest BCUT2D eigenvalue weighted by Gasteiger charge is 2.36. The first-order valence-corrected chi connectivity index (χ1v) is 8.94. The van der Waals surface area contributed by atoms with Crippen LogP contribution >= 0.6 is 0 Å². The molecular formula is C18H21N3O6. The molecule has 2 amide bonds. The summed E-state index contributed by atoms with van der Waals surface area (Å²) in [5, 5.41) is 13.1. The number of hydrogen-bond donors (Lipinski definition) is 1. The van der Waals surface area contributed by atoms with Crippen LogP contribution in [0.15, 0.2) is 24.3 Å². The molecule has 0 spiro atoms. The van der Waals surface area contributed by atoms with Gasteiger partial charge in [-0.1, -0.05) is 0 Å². The molecule has 1 heterocycles. The van der Waals surface area contributed by atoms with E-state index in [1.165, 1.54) is 24.3 Å². The van der Waals surface area contributed by atoms with Crippen molar-refractivity contribution in [3.63, 3.8) is 0 Å². The molecule has 3 rings (SSSR count). The van der Waals surface area contributed by atoms with E-state index in [1.807, 2.05) is 4.90 Å². The van der Waals surface area contributed by atoms with E-state index >= 15 is 0 Å². The Bertz CT molecular complexity index is 736. The molecule has 1 saturated heterocycles. The highest BCUT2D eigenvalue weighted by Crippen LogP contribution is 2.32. The molecule has 0 unspecified atom stereocenters. The summed E-state index contributed by atoms with van der Waals surface area (Å²) in [6, 6.07) is 5.37.